The summed E-state index contributed by atoms with van der Waals surface area (Å²) in [5.74, 6) is -0.454. The number of carboxylic acid groups (broad SMARTS) is 1. The van der Waals surface area contributed by atoms with Gasteiger partial charge in [0.1, 0.15) is 5.76 Å². The highest BCUT2D eigenvalue weighted by atomic mass is 16.4. The molecule has 5 heteroatoms. The minimum absolute atomic E-state index is 0.0932. The zero-order chi connectivity index (χ0) is 14.3. The SMILES string of the molecule is Cc1occc1C(=O)N1Cc2ccc(C(=O)O)cc2C1. The molecule has 5 nitrogen and oxygen atoms in total. The van der Waals surface area contributed by atoms with Crippen LogP contribution in [0.4, 0.5) is 0 Å². The number of hydrogen-bond acceptors (Lipinski definition) is 3. The highest BCUT2D eigenvalue weighted by Gasteiger charge is 2.26. The molecule has 1 aliphatic rings. The largest absolute Gasteiger partial charge is 0.478 e. The summed E-state index contributed by atoms with van der Waals surface area (Å²) in [5, 5.41) is 8.98. The van der Waals surface area contributed by atoms with E-state index in [1.807, 2.05) is 0 Å². The number of hydrogen-bond donors (Lipinski definition) is 1. The van der Waals surface area contributed by atoms with Crippen molar-refractivity contribution < 1.29 is 19.1 Å². The van der Waals surface area contributed by atoms with Crippen LogP contribution < -0.4 is 0 Å². The van der Waals surface area contributed by atoms with Crippen LogP contribution in [0.5, 0.6) is 0 Å². The first-order valence-electron chi connectivity index (χ1n) is 6.24. The molecule has 0 spiro atoms. The number of carbonyl (C=O) groups excluding carboxylic acids is 1. The first-order valence-corrected chi connectivity index (χ1v) is 6.24. The minimum atomic E-state index is -0.955. The van der Waals surface area contributed by atoms with Crippen molar-refractivity contribution in [1.29, 1.82) is 0 Å². The van der Waals surface area contributed by atoms with E-state index in [4.69, 9.17) is 9.52 Å². The van der Waals surface area contributed by atoms with Crippen LogP contribution in [0.1, 0.15) is 37.6 Å². The van der Waals surface area contributed by atoms with Gasteiger partial charge in [0.05, 0.1) is 17.4 Å². The van der Waals surface area contributed by atoms with Crippen LogP contribution in [-0.4, -0.2) is 21.9 Å². The van der Waals surface area contributed by atoms with E-state index in [0.717, 1.165) is 11.1 Å². The summed E-state index contributed by atoms with van der Waals surface area (Å²) in [4.78, 5) is 25.0. The molecule has 102 valence electrons. The van der Waals surface area contributed by atoms with Crippen LogP contribution in [-0.2, 0) is 13.1 Å². The Hall–Kier alpha value is -2.56. The van der Waals surface area contributed by atoms with Gasteiger partial charge < -0.3 is 14.4 Å². The summed E-state index contributed by atoms with van der Waals surface area (Å²) >= 11 is 0. The minimum Gasteiger partial charge on any atom is -0.478 e. The van der Waals surface area contributed by atoms with Gasteiger partial charge in [-0.15, -0.1) is 0 Å². The zero-order valence-corrected chi connectivity index (χ0v) is 10.9. The quantitative estimate of drug-likeness (QED) is 0.910. The first kappa shape index (κ1) is 12.5. The number of benzene rings is 1. The van der Waals surface area contributed by atoms with E-state index in [0.29, 0.717) is 24.4 Å². The maximum Gasteiger partial charge on any atom is 0.335 e. The molecular formula is C15H13NO4. The Balaban J connectivity index is 1.85. The predicted molar refractivity (Wildman–Crippen MR) is 70.4 cm³/mol. The van der Waals surface area contributed by atoms with Crippen LogP contribution in [0, 0.1) is 6.92 Å². The smallest absolute Gasteiger partial charge is 0.335 e. The van der Waals surface area contributed by atoms with Crippen molar-refractivity contribution in [3.63, 3.8) is 0 Å². The highest BCUT2D eigenvalue weighted by Crippen LogP contribution is 2.26. The molecule has 1 aliphatic heterocycles. The van der Waals surface area contributed by atoms with Crippen molar-refractivity contribution in [1.82, 2.24) is 4.90 Å². The molecule has 3 rings (SSSR count). The van der Waals surface area contributed by atoms with E-state index < -0.39 is 5.97 Å². The molecule has 2 aromatic rings. The Morgan fingerprint density at radius 1 is 1.20 bits per heavy atom. The van der Waals surface area contributed by atoms with E-state index in [-0.39, 0.29) is 11.5 Å². The summed E-state index contributed by atoms with van der Waals surface area (Å²) in [6.45, 7) is 2.68. The number of carboxylic acids is 1. The number of carbonyl (C=O) groups is 2. The fourth-order valence-electron chi connectivity index (χ4n) is 2.45. The summed E-state index contributed by atoms with van der Waals surface area (Å²) < 4.78 is 5.15. The second-order valence-corrected chi connectivity index (χ2v) is 4.84. The zero-order valence-electron chi connectivity index (χ0n) is 10.9. The Morgan fingerprint density at radius 3 is 2.60 bits per heavy atom. The Bertz CT molecular complexity index is 702. The maximum absolute atomic E-state index is 12.4. The Morgan fingerprint density at radius 2 is 1.95 bits per heavy atom. The summed E-state index contributed by atoms with van der Waals surface area (Å²) in [6, 6.07) is 6.63. The average Bonchev–Trinajstić information content (AvgIpc) is 3.02. The number of furan rings is 1. The average molecular weight is 271 g/mol. The van der Waals surface area contributed by atoms with Gasteiger partial charge in [-0.1, -0.05) is 6.07 Å². The summed E-state index contributed by atoms with van der Waals surface area (Å²) in [6.07, 6.45) is 1.49. The molecule has 1 aromatic carbocycles. The van der Waals surface area contributed by atoms with Gasteiger partial charge in [-0.3, -0.25) is 4.79 Å². The van der Waals surface area contributed by atoms with Gasteiger partial charge in [0.25, 0.3) is 5.91 Å². The van der Waals surface area contributed by atoms with Crippen molar-refractivity contribution in [3.05, 3.63) is 58.5 Å². The molecule has 20 heavy (non-hydrogen) atoms. The molecule has 0 bridgehead atoms. The lowest BCUT2D eigenvalue weighted by Crippen LogP contribution is -2.25. The molecule has 0 unspecified atom stereocenters. The van der Waals surface area contributed by atoms with Gasteiger partial charge in [0.15, 0.2) is 0 Å². The van der Waals surface area contributed by atoms with E-state index in [1.54, 1.807) is 36.1 Å². The molecule has 0 aliphatic carbocycles. The molecule has 1 N–H and O–H groups in total. The van der Waals surface area contributed by atoms with Crippen molar-refractivity contribution in [2.24, 2.45) is 0 Å². The summed E-state index contributed by atoms with van der Waals surface area (Å²) in [7, 11) is 0. The van der Waals surface area contributed by atoms with Gasteiger partial charge >= 0.3 is 5.97 Å². The number of amides is 1. The van der Waals surface area contributed by atoms with Gasteiger partial charge in [0.2, 0.25) is 0 Å². The standard InChI is InChI=1S/C15H13NO4/c1-9-13(4-5-20-9)14(17)16-7-11-3-2-10(15(18)19)6-12(11)8-16/h2-6H,7-8H2,1H3,(H,18,19). The summed E-state index contributed by atoms with van der Waals surface area (Å²) in [5.41, 5.74) is 2.68. The van der Waals surface area contributed by atoms with E-state index in [2.05, 4.69) is 0 Å². The third kappa shape index (κ3) is 1.97. The van der Waals surface area contributed by atoms with Crippen LogP contribution in [0.2, 0.25) is 0 Å². The molecule has 0 fully saturated rings. The van der Waals surface area contributed by atoms with E-state index >= 15 is 0 Å². The number of aryl methyl sites for hydroxylation is 1. The van der Waals surface area contributed by atoms with Crippen LogP contribution >= 0.6 is 0 Å². The van der Waals surface area contributed by atoms with Gasteiger partial charge in [0, 0.05) is 13.1 Å². The Kier molecular flexibility index (Phi) is 2.82. The van der Waals surface area contributed by atoms with Crippen molar-refractivity contribution in [2.45, 2.75) is 20.0 Å². The monoisotopic (exact) mass is 271 g/mol. The number of nitrogens with zero attached hydrogens (tertiary/aromatic N) is 1. The molecular weight excluding hydrogens is 258 g/mol. The van der Waals surface area contributed by atoms with Crippen LogP contribution in [0.25, 0.3) is 0 Å². The van der Waals surface area contributed by atoms with E-state index in [1.165, 1.54) is 6.26 Å². The lowest BCUT2D eigenvalue weighted by Gasteiger charge is -2.14. The topological polar surface area (TPSA) is 70.8 Å². The fourth-order valence-corrected chi connectivity index (χ4v) is 2.45. The van der Waals surface area contributed by atoms with Crippen LogP contribution in [0.3, 0.4) is 0 Å². The van der Waals surface area contributed by atoms with Gasteiger partial charge in [-0.2, -0.15) is 0 Å². The molecule has 1 aromatic heterocycles. The van der Waals surface area contributed by atoms with Crippen LogP contribution in [0.15, 0.2) is 34.9 Å². The maximum atomic E-state index is 12.4. The third-order valence-corrected chi connectivity index (χ3v) is 3.55. The van der Waals surface area contributed by atoms with Gasteiger partial charge in [-0.25, -0.2) is 4.79 Å². The second-order valence-electron chi connectivity index (χ2n) is 4.84. The van der Waals surface area contributed by atoms with Crippen molar-refractivity contribution in [2.75, 3.05) is 0 Å². The lowest BCUT2D eigenvalue weighted by atomic mass is 10.1. The first-order chi connectivity index (χ1) is 9.56. The molecule has 0 radical (unpaired) electrons. The second kappa shape index (κ2) is 4.52. The van der Waals surface area contributed by atoms with Crippen molar-refractivity contribution in [3.8, 4) is 0 Å². The highest BCUT2D eigenvalue weighted by molar-refractivity contribution is 5.95. The van der Waals surface area contributed by atoms with Crippen molar-refractivity contribution >= 4 is 11.9 Å². The van der Waals surface area contributed by atoms with E-state index in [9.17, 15) is 9.59 Å². The van der Waals surface area contributed by atoms with Gasteiger partial charge in [-0.05, 0) is 36.2 Å². The number of aromatic carboxylic acids is 1. The third-order valence-electron chi connectivity index (χ3n) is 3.55. The predicted octanol–water partition coefficient (Wildman–Crippen LogP) is 2.44. The normalized spacial score (nSPS) is 13.3. The molecule has 0 saturated heterocycles. The molecule has 0 atom stereocenters. The molecule has 2 heterocycles. The number of rotatable bonds is 2. The fraction of sp³-hybridized carbons (Fsp3) is 0.200. The molecule has 0 saturated carbocycles. The Labute approximate surface area is 115 Å². The lowest BCUT2D eigenvalue weighted by molar-refractivity contribution is 0.0696. The number of fused-ring (bicyclic) bond motifs is 1. The molecule has 1 amide bonds.